The van der Waals surface area contributed by atoms with Crippen molar-refractivity contribution in [3.05, 3.63) is 38.3 Å². The molecule has 1 aliphatic rings. The summed E-state index contributed by atoms with van der Waals surface area (Å²) < 4.78 is 5.51. The minimum Gasteiger partial charge on any atom is -0.469 e. The summed E-state index contributed by atoms with van der Waals surface area (Å²) in [6.45, 7) is 2.36. The highest BCUT2D eigenvalue weighted by atomic mass is 79.9. The number of rotatable bonds is 4. The third-order valence-electron chi connectivity index (χ3n) is 3.76. The van der Waals surface area contributed by atoms with Gasteiger partial charge in [-0.3, -0.25) is 19.8 Å². The first-order valence-corrected chi connectivity index (χ1v) is 7.53. The summed E-state index contributed by atoms with van der Waals surface area (Å²) in [4.78, 5) is 24.0. The second-order valence-corrected chi connectivity index (χ2v) is 5.96. The maximum absolute atomic E-state index is 11.5. The van der Waals surface area contributed by atoms with Crippen LogP contribution in [-0.2, 0) is 16.1 Å². The predicted molar refractivity (Wildman–Crippen MR) is 80.8 cm³/mol. The number of carbonyl (C=O) groups excluding carboxylic acids is 1. The Morgan fingerprint density at radius 2 is 2.14 bits per heavy atom. The lowest BCUT2D eigenvalue weighted by atomic mass is 9.96. The van der Waals surface area contributed by atoms with Gasteiger partial charge in [-0.1, -0.05) is 15.9 Å². The average Bonchev–Trinajstić information content (AvgIpc) is 2.49. The summed E-state index contributed by atoms with van der Waals surface area (Å²) in [5.74, 6) is -0.141. The normalized spacial score (nSPS) is 16.7. The van der Waals surface area contributed by atoms with Crippen LogP contribution in [0.3, 0.4) is 0 Å². The number of nitro groups is 1. The molecule has 0 unspecified atom stereocenters. The number of ether oxygens (including phenoxy) is 1. The van der Waals surface area contributed by atoms with Gasteiger partial charge < -0.3 is 4.74 Å². The van der Waals surface area contributed by atoms with Gasteiger partial charge in [-0.05, 0) is 37.6 Å². The molecule has 0 bridgehead atoms. The highest BCUT2D eigenvalue weighted by molar-refractivity contribution is 9.10. The zero-order chi connectivity index (χ0) is 15.4. The van der Waals surface area contributed by atoms with Crippen molar-refractivity contribution in [3.8, 4) is 0 Å². The standard InChI is InChI=1S/C14H17BrN2O4/c1-21-14(18)10-4-6-16(7-5-10)9-11-2-3-12(17(19)20)8-13(11)15/h2-3,8,10H,4-7,9H2,1H3. The second-order valence-electron chi connectivity index (χ2n) is 5.11. The molecule has 7 heteroatoms. The molecule has 1 saturated heterocycles. The van der Waals surface area contributed by atoms with Gasteiger partial charge in [-0.2, -0.15) is 0 Å². The largest absolute Gasteiger partial charge is 0.469 e. The molecule has 1 aromatic carbocycles. The summed E-state index contributed by atoms with van der Waals surface area (Å²) in [6, 6.07) is 4.81. The van der Waals surface area contributed by atoms with Crippen LogP contribution in [0.4, 0.5) is 5.69 Å². The molecule has 0 saturated carbocycles. The number of methoxy groups -OCH3 is 1. The monoisotopic (exact) mass is 356 g/mol. The zero-order valence-corrected chi connectivity index (χ0v) is 13.3. The number of nitrogens with zero attached hydrogens (tertiary/aromatic N) is 2. The Kier molecular flexibility index (Phi) is 5.30. The molecule has 0 radical (unpaired) electrons. The van der Waals surface area contributed by atoms with Gasteiger partial charge in [0.1, 0.15) is 0 Å². The number of hydrogen-bond acceptors (Lipinski definition) is 5. The van der Waals surface area contributed by atoms with Crippen LogP contribution in [0.1, 0.15) is 18.4 Å². The van der Waals surface area contributed by atoms with Gasteiger partial charge in [-0.25, -0.2) is 0 Å². The van der Waals surface area contributed by atoms with Gasteiger partial charge in [0, 0.05) is 23.2 Å². The molecule has 0 spiro atoms. The first-order chi connectivity index (χ1) is 10.0. The third-order valence-corrected chi connectivity index (χ3v) is 4.50. The topological polar surface area (TPSA) is 72.7 Å². The van der Waals surface area contributed by atoms with Crippen LogP contribution in [0.25, 0.3) is 0 Å². The lowest BCUT2D eigenvalue weighted by Gasteiger charge is -2.30. The van der Waals surface area contributed by atoms with E-state index in [1.165, 1.54) is 19.2 Å². The lowest BCUT2D eigenvalue weighted by Crippen LogP contribution is -2.36. The molecular formula is C14H17BrN2O4. The van der Waals surface area contributed by atoms with Crippen molar-refractivity contribution in [1.82, 2.24) is 4.90 Å². The number of esters is 1. The Hall–Kier alpha value is -1.47. The fourth-order valence-corrected chi connectivity index (χ4v) is 3.00. The Morgan fingerprint density at radius 3 is 2.67 bits per heavy atom. The van der Waals surface area contributed by atoms with Crippen molar-refractivity contribution in [2.45, 2.75) is 19.4 Å². The molecule has 0 atom stereocenters. The summed E-state index contributed by atoms with van der Waals surface area (Å²) in [5, 5.41) is 10.7. The minimum atomic E-state index is -0.406. The van der Waals surface area contributed by atoms with Crippen LogP contribution in [-0.4, -0.2) is 36.0 Å². The fraction of sp³-hybridized carbons (Fsp3) is 0.500. The summed E-state index contributed by atoms with van der Waals surface area (Å²) in [5.41, 5.74) is 1.09. The van der Waals surface area contributed by atoms with Crippen LogP contribution in [0.5, 0.6) is 0 Å². The highest BCUT2D eigenvalue weighted by Crippen LogP contribution is 2.26. The van der Waals surface area contributed by atoms with E-state index >= 15 is 0 Å². The van der Waals surface area contributed by atoms with Crippen molar-refractivity contribution < 1.29 is 14.5 Å². The Labute approximate surface area is 131 Å². The summed E-state index contributed by atoms with van der Waals surface area (Å²) in [6.07, 6.45) is 1.58. The van der Waals surface area contributed by atoms with Crippen LogP contribution in [0.15, 0.2) is 22.7 Å². The molecule has 0 amide bonds. The number of hydrogen-bond donors (Lipinski definition) is 0. The Bertz CT molecular complexity index is 542. The molecule has 1 aliphatic heterocycles. The van der Waals surface area contributed by atoms with Crippen LogP contribution in [0, 0.1) is 16.0 Å². The van der Waals surface area contributed by atoms with Gasteiger partial charge in [0.2, 0.25) is 0 Å². The smallest absolute Gasteiger partial charge is 0.308 e. The van der Waals surface area contributed by atoms with E-state index in [2.05, 4.69) is 20.8 Å². The van der Waals surface area contributed by atoms with Gasteiger partial charge in [0.25, 0.3) is 5.69 Å². The SMILES string of the molecule is COC(=O)C1CCN(Cc2ccc([N+](=O)[O-])cc2Br)CC1. The van der Waals surface area contributed by atoms with E-state index < -0.39 is 4.92 Å². The molecule has 21 heavy (non-hydrogen) atoms. The maximum atomic E-state index is 11.5. The van der Waals surface area contributed by atoms with Gasteiger partial charge in [0.05, 0.1) is 18.0 Å². The molecule has 0 aromatic heterocycles. The van der Waals surface area contributed by atoms with E-state index in [-0.39, 0.29) is 17.6 Å². The summed E-state index contributed by atoms with van der Waals surface area (Å²) >= 11 is 3.38. The number of halogens is 1. The number of benzene rings is 1. The van der Waals surface area contributed by atoms with Crippen molar-refractivity contribution in [1.29, 1.82) is 0 Å². The minimum absolute atomic E-state index is 0.00782. The van der Waals surface area contributed by atoms with E-state index in [1.807, 2.05) is 0 Å². The van der Waals surface area contributed by atoms with Gasteiger partial charge >= 0.3 is 5.97 Å². The van der Waals surface area contributed by atoms with Gasteiger partial charge in [0.15, 0.2) is 0 Å². The summed E-state index contributed by atoms with van der Waals surface area (Å²) in [7, 11) is 1.42. The first kappa shape index (κ1) is 15.9. The average molecular weight is 357 g/mol. The van der Waals surface area contributed by atoms with E-state index in [0.29, 0.717) is 6.54 Å². The van der Waals surface area contributed by atoms with Crippen molar-refractivity contribution >= 4 is 27.6 Å². The van der Waals surface area contributed by atoms with Crippen molar-refractivity contribution in [2.75, 3.05) is 20.2 Å². The highest BCUT2D eigenvalue weighted by Gasteiger charge is 2.25. The molecule has 2 rings (SSSR count). The molecular weight excluding hydrogens is 340 g/mol. The molecule has 6 nitrogen and oxygen atoms in total. The predicted octanol–water partition coefficient (Wildman–Crippen LogP) is 2.74. The van der Waals surface area contributed by atoms with E-state index in [1.54, 1.807) is 6.07 Å². The van der Waals surface area contributed by atoms with E-state index in [4.69, 9.17) is 4.74 Å². The number of piperidine rings is 1. The second kappa shape index (κ2) is 7.00. The number of carbonyl (C=O) groups is 1. The van der Waals surface area contributed by atoms with E-state index in [0.717, 1.165) is 36.0 Å². The molecule has 114 valence electrons. The van der Waals surface area contributed by atoms with Crippen LogP contribution < -0.4 is 0 Å². The number of non-ortho nitro benzene ring substituents is 1. The quantitative estimate of drug-likeness (QED) is 0.471. The molecule has 0 N–H and O–H groups in total. The van der Waals surface area contributed by atoms with E-state index in [9.17, 15) is 14.9 Å². The van der Waals surface area contributed by atoms with Crippen LogP contribution in [0.2, 0.25) is 0 Å². The van der Waals surface area contributed by atoms with Gasteiger partial charge in [-0.15, -0.1) is 0 Å². The fourth-order valence-electron chi connectivity index (χ4n) is 2.51. The first-order valence-electron chi connectivity index (χ1n) is 6.74. The number of nitro benzene ring substituents is 1. The van der Waals surface area contributed by atoms with Crippen molar-refractivity contribution in [2.24, 2.45) is 5.92 Å². The van der Waals surface area contributed by atoms with Crippen molar-refractivity contribution in [3.63, 3.8) is 0 Å². The Morgan fingerprint density at radius 1 is 1.48 bits per heavy atom. The Balaban J connectivity index is 1.95. The zero-order valence-electron chi connectivity index (χ0n) is 11.8. The third kappa shape index (κ3) is 4.01. The molecule has 1 heterocycles. The molecule has 1 aromatic rings. The number of likely N-dealkylation sites (tertiary alicyclic amines) is 1. The molecule has 1 fully saturated rings. The van der Waals surface area contributed by atoms with Crippen LogP contribution >= 0.6 is 15.9 Å². The lowest BCUT2D eigenvalue weighted by molar-refractivity contribution is -0.384. The maximum Gasteiger partial charge on any atom is 0.308 e. The molecule has 0 aliphatic carbocycles.